The van der Waals surface area contributed by atoms with Crippen molar-refractivity contribution in [1.29, 1.82) is 0 Å². The minimum Gasteiger partial charge on any atom is -0.311 e. The van der Waals surface area contributed by atoms with E-state index in [2.05, 4.69) is 47.0 Å². The second kappa shape index (κ2) is 8.54. The van der Waals surface area contributed by atoms with E-state index in [1.165, 1.54) is 50.8 Å². The summed E-state index contributed by atoms with van der Waals surface area (Å²) < 4.78 is 2.09. The van der Waals surface area contributed by atoms with Gasteiger partial charge in [0.2, 0.25) is 0 Å². The van der Waals surface area contributed by atoms with Gasteiger partial charge in [-0.05, 0) is 59.3 Å². The quantitative estimate of drug-likeness (QED) is 0.748. The van der Waals surface area contributed by atoms with Crippen molar-refractivity contribution in [1.82, 2.24) is 20.0 Å². The van der Waals surface area contributed by atoms with Crippen molar-refractivity contribution in [3.05, 3.63) is 17.5 Å². The molecular formula is C17H32N4. The van der Waals surface area contributed by atoms with Gasteiger partial charge >= 0.3 is 0 Å². The Hall–Kier alpha value is -0.870. The number of aromatic nitrogens is 2. The average Bonchev–Trinajstić information content (AvgIpc) is 2.87. The number of nitrogens with one attached hydrogen (secondary N) is 1. The van der Waals surface area contributed by atoms with E-state index >= 15 is 0 Å². The predicted molar refractivity (Wildman–Crippen MR) is 88.5 cm³/mol. The first kappa shape index (κ1) is 16.5. The van der Waals surface area contributed by atoms with Gasteiger partial charge in [-0.1, -0.05) is 19.3 Å². The van der Waals surface area contributed by atoms with E-state index in [1.54, 1.807) is 0 Å². The highest BCUT2D eigenvalue weighted by Gasteiger charge is 2.17. The van der Waals surface area contributed by atoms with Gasteiger partial charge in [0.25, 0.3) is 0 Å². The van der Waals surface area contributed by atoms with E-state index in [0.717, 1.165) is 31.4 Å². The number of nitrogens with zero attached hydrogens (tertiary/aromatic N) is 3. The maximum atomic E-state index is 4.49. The Bertz CT molecular complexity index is 407. The summed E-state index contributed by atoms with van der Waals surface area (Å²) in [6.07, 6.45) is 8.32. The zero-order valence-electron chi connectivity index (χ0n) is 14.1. The summed E-state index contributed by atoms with van der Waals surface area (Å²) in [6.45, 7) is 8.40. The molecule has 21 heavy (non-hydrogen) atoms. The summed E-state index contributed by atoms with van der Waals surface area (Å²) in [4.78, 5) is 2.57. The highest BCUT2D eigenvalue weighted by atomic mass is 15.3. The van der Waals surface area contributed by atoms with Crippen LogP contribution in [0.4, 0.5) is 0 Å². The monoisotopic (exact) mass is 292 g/mol. The Kier molecular flexibility index (Phi) is 6.71. The molecule has 1 N–H and O–H groups in total. The van der Waals surface area contributed by atoms with E-state index < -0.39 is 0 Å². The van der Waals surface area contributed by atoms with Gasteiger partial charge in [0.1, 0.15) is 0 Å². The molecule has 4 heteroatoms. The summed E-state index contributed by atoms with van der Waals surface area (Å²) in [7, 11) is 2.30. The van der Waals surface area contributed by atoms with E-state index in [0.29, 0.717) is 0 Å². The molecule has 2 rings (SSSR count). The van der Waals surface area contributed by atoms with Crippen LogP contribution in [-0.2, 0) is 13.1 Å². The molecule has 0 aliphatic heterocycles. The highest BCUT2D eigenvalue weighted by Crippen LogP contribution is 2.21. The third-order valence-corrected chi connectivity index (χ3v) is 4.65. The lowest BCUT2D eigenvalue weighted by Gasteiger charge is -2.31. The normalized spacial score (nSPS) is 16.8. The summed E-state index contributed by atoms with van der Waals surface area (Å²) in [5.74, 6) is 0. The Morgan fingerprint density at radius 2 is 2.10 bits per heavy atom. The summed E-state index contributed by atoms with van der Waals surface area (Å²) in [5.41, 5.74) is 2.42. The van der Waals surface area contributed by atoms with Crippen molar-refractivity contribution < 1.29 is 0 Å². The summed E-state index contributed by atoms with van der Waals surface area (Å²) in [6, 6.07) is 3.02. The fraction of sp³-hybridized carbons (Fsp3) is 0.824. The molecule has 0 spiro atoms. The smallest absolute Gasteiger partial charge is 0.0597 e. The minimum absolute atomic E-state index is 0.836. The van der Waals surface area contributed by atoms with Gasteiger partial charge in [-0.3, -0.25) is 4.68 Å². The van der Waals surface area contributed by atoms with Crippen LogP contribution in [-0.4, -0.2) is 40.9 Å². The first-order valence-corrected chi connectivity index (χ1v) is 8.65. The lowest BCUT2D eigenvalue weighted by Crippen LogP contribution is -2.35. The van der Waals surface area contributed by atoms with Crippen LogP contribution in [0.1, 0.15) is 56.8 Å². The van der Waals surface area contributed by atoms with Crippen molar-refractivity contribution in [2.45, 2.75) is 71.5 Å². The van der Waals surface area contributed by atoms with Crippen molar-refractivity contribution >= 4 is 0 Å². The van der Waals surface area contributed by atoms with Gasteiger partial charge in [-0.15, -0.1) is 0 Å². The van der Waals surface area contributed by atoms with Crippen LogP contribution < -0.4 is 5.32 Å². The number of aryl methyl sites for hydroxylation is 2. The van der Waals surface area contributed by atoms with Gasteiger partial charge in [0.15, 0.2) is 0 Å². The molecule has 0 unspecified atom stereocenters. The lowest BCUT2D eigenvalue weighted by atomic mass is 9.94. The molecule has 1 aromatic rings. The van der Waals surface area contributed by atoms with Crippen LogP contribution in [0.15, 0.2) is 6.07 Å². The van der Waals surface area contributed by atoms with Crippen molar-refractivity contribution in [3.63, 3.8) is 0 Å². The molecular weight excluding hydrogens is 260 g/mol. The predicted octanol–water partition coefficient (Wildman–Crippen LogP) is 2.96. The van der Waals surface area contributed by atoms with E-state index in [1.807, 2.05) is 0 Å². The second-order valence-corrected chi connectivity index (χ2v) is 6.40. The number of hydrogen-bond donors (Lipinski definition) is 1. The molecule has 0 amide bonds. The third kappa shape index (κ3) is 5.11. The molecule has 1 fully saturated rings. The van der Waals surface area contributed by atoms with Crippen LogP contribution in [0.25, 0.3) is 0 Å². The Morgan fingerprint density at radius 1 is 1.33 bits per heavy atom. The molecule has 0 radical (unpaired) electrons. The molecule has 4 nitrogen and oxygen atoms in total. The van der Waals surface area contributed by atoms with Crippen LogP contribution in [0.3, 0.4) is 0 Å². The van der Waals surface area contributed by atoms with Crippen molar-refractivity contribution in [2.75, 3.05) is 20.1 Å². The Balaban J connectivity index is 1.61. The van der Waals surface area contributed by atoms with E-state index in [4.69, 9.17) is 0 Å². The third-order valence-electron chi connectivity index (χ3n) is 4.65. The Morgan fingerprint density at radius 3 is 2.81 bits per heavy atom. The molecule has 0 aromatic carbocycles. The van der Waals surface area contributed by atoms with Crippen LogP contribution in [0.5, 0.6) is 0 Å². The topological polar surface area (TPSA) is 33.1 Å². The molecule has 120 valence electrons. The number of rotatable bonds is 8. The largest absolute Gasteiger partial charge is 0.311 e. The number of hydrogen-bond acceptors (Lipinski definition) is 3. The molecule has 1 saturated carbocycles. The maximum Gasteiger partial charge on any atom is 0.0597 e. The Labute approximate surface area is 129 Å². The molecule has 0 bridgehead atoms. The minimum atomic E-state index is 0.836. The SMILES string of the molecule is CCn1nc(C)cc1CNCCCN(C)C1CCCCC1. The van der Waals surface area contributed by atoms with Gasteiger partial charge in [0.05, 0.1) is 11.4 Å². The highest BCUT2D eigenvalue weighted by molar-refractivity contribution is 5.08. The standard InChI is InChI=1S/C17H32N4/c1-4-21-17(13-15(2)19-21)14-18-11-8-12-20(3)16-9-6-5-7-10-16/h13,16,18H,4-12,14H2,1-3H3. The van der Waals surface area contributed by atoms with Gasteiger partial charge in [0, 0.05) is 19.1 Å². The molecule has 0 saturated heterocycles. The molecule has 1 aliphatic carbocycles. The molecule has 1 aromatic heterocycles. The maximum absolute atomic E-state index is 4.49. The van der Waals surface area contributed by atoms with Crippen LogP contribution in [0.2, 0.25) is 0 Å². The van der Waals surface area contributed by atoms with E-state index in [-0.39, 0.29) is 0 Å². The first-order chi connectivity index (χ1) is 10.2. The fourth-order valence-corrected chi connectivity index (χ4v) is 3.39. The van der Waals surface area contributed by atoms with Crippen LogP contribution >= 0.6 is 0 Å². The van der Waals surface area contributed by atoms with Crippen molar-refractivity contribution in [2.24, 2.45) is 0 Å². The van der Waals surface area contributed by atoms with Gasteiger partial charge < -0.3 is 10.2 Å². The van der Waals surface area contributed by atoms with E-state index in [9.17, 15) is 0 Å². The average molecular weight is 292 g/mol. The summed E-state index contributed by atoms with van der Waals surface area (Å²) >= 11 is 0. The summed E-state index contributed by atoms with van der Waals surface area (Å²) in [5, 5.41) is 8.05. The first-order valence-electron chi connectivity index (χ1n) is 8.65. The molecule has 1 heterocycles. The molecule has 0 atom stereocenters. The zero-order valence-corrected chi connectivity index (χ0v) is 14.1. The van der Waals surface area contributed by atoms with Crippen molar-refractivity contribution in [3.8, 4) is 0 Å². The van der Waals surface area contributed by atoms with Gasteiger partial charge in [-0.2, -0.15) is 5.10 Å². The second-order valence-electron chi connectivity index (χ2n) is 6.40. The van der Waals surface area contributed by atoms with Gasteiger partial charge in [-0.25, -0.2) is 0 Å². The van der Waals surface area contributed by atoms with Crippen LogP contribution in [0, 0.1) is 6.92 Å². The fourth-order valence-electron chi connectivity index (χ4n) is 3.39. The lowest BCUT2D eigenvalue weighted by molar-refractivity contribution is 0.189. The zero-order chi connectivity index (χ0) is 15.1. The molecule has 1 aliphatic rings.